The van der Waals surface area contributed by atoms with E-state index >= 15 is 0 Å². The minimum atomic E-state index is -0.513. The number of imide groups is 1. The van der Waals surface area contributed by atoms with Crippen LogP contribution in [0.15, 0.2) is 17.5 Å². The van der Waals surface area contributed by atoms with Gasteiger partial charge in [0.2, 0.25) is 5.91 Å². The molecule has 0 spiro atoms. The monoisotopic (exact) mass is 253 g/mol. The number of nitrogens with one attached hydrogen (secondary N) is 2. The SMILES string of the molecule is O=C(CN1C(=O)CNC1=O)NCc1cccs1. The summed E-state index contributed by atoms with van der Waals surface area (Å²) in [5, 5.41) is 6.92. The molecule has 1 saturated heterocycles. The van der Waals surface area contributed by atoms with E-state index in [4.69, 9.17) is 0 Å². The van der Waals surface area contributed by atoms with Crippen LogP contribution in [0.25, 0.3) is 0 Å². The van der Waals surface area contributed by atoms with Crippen LogP contribution in [-0.2, 0) is 16.1 Å². The molecule has 0 aromatic carbocycles. The number of thiophene rings is 1. The lowest BCUT2D eigenvalue weighted by Gasteiger charge is -2.11. The van der Waals surface area contributed by atoms with Crippen molar-refractivity contribution in [1.82, 2.24) is 15.5 Å². The zero-order valence-electron chi connectivity index (χ0n) is 8.93. The highest BCUT2D eigenvalue weighted by Crippen LogP contribution is 2.07. The average molecular weight is 253 g/mol. The van der Waals surface area contributed by atoms with Gasteiger partial charge < -0.3 is 10.6 Å². The van der Waals surface area contributed by atoms with E-state index in [1.807, 2.05) is 17.5 Å². The van der Waals surface area contributed by atoms with Gasteiger partial charge in [-0.05, 0) is 11.4 Å². The Kier molecular flexibility index (Phi) is 3.38. The predicted molar refractivity (Wildman–Crippen MR) is 61.3 cm³/mol. The number of hydrogen-bond donors (Lipinski definition) is 2. The van der Waals surface area contributed by atoms with Crippen LogP contribution in [0.5, 0.6) is 0 Å². The lowest BCUT2D eigenvalue weighted by molar-refractivity contribution is -0.130. The summed E-state index contributed by atoms with van der Waals surface area (Å²) in [6.07, 6.45) is 0. The average Bonchev–Trinajstić information content (AvgIpc) is 2.91. The second-order valence-corrected chi connectivity index (χ2v) is 4.53. The highest BCUT2D eigenvalue weighted by molar-refractivity contribution is 7.09. The highest BCUT2D eigenvalue weighted by atomic mass is 32.1. The summed E-state index contributed by atoms with van der Waals surface area (Å²) in [4.78, 5) is 35.8. The molecule has 0 unspecified atom stereocenters. The Morgan fingerprint density at radius 2 is 2.35 bits per heavy atom. The lowest BCUT2D eigenvalue weighted by atomic mass is 10.4. The zero-order chi connectivity index (χ0) is 12.3. The molecule has 2 heterocycles. The first-order chi connectivity index (χ1) is 8.16. The van der Waals surface area contributed by atoms with Gasteiger partial charge in [0.25, 0.3) is 5.91 Å². The van der Waals surface area contributed by atoms with Crippen molar-refractivity contribution < 1.29 is 14.4 Å². The van der Waals surface area contributed by atoms with Crippen molar-refractivity contribution in [1.29, 1.82) is 0 Å². The van der Waals surface area contributed by atoms with Gasteiger partial charge in [0.1, 0.15) is 6.54 Å². The number of hydrogen-bond acceptors (Lipinski definition) is 4. The lowest BCUT2D eigenvalue weighted by Crippen LogP contribution is -2.40. The van der Waals surface area contributed by atoms with E-state index in [2.05, 4.69) is 10.6 Å². The number of carbonyl (C=O) groups is 3. The first-order valence-corrected chi connectivity index (χ1v) is 5.92. The molecule has 1 aromatic heterocycles. The van der Waals surface area contributed by atoms with Gasteiger partial charge in [-0.2, -0.15) is 0 Å². The topological polar surface area (TPSA) is 78.5 Å². The molecule has 4 amide bonds. The molecule has 1 aliphatic rings. The molecule has 1 aromatic rings. The van der Waals surface area contributed by atoms with Crippen LogP contribution in [0.2, 0.25) is 0 Å². The molecular formula is C10H11N3O3S. The molecule has 2 rings (SSSR count). The quantitative estimate of drug-likeness (QED) is 0.736. The van der Waals surface area contributed by atoms with E-state index in [-0.39, 0.29) is 24.9 Å². The van der Waals surface area contributed by atoms with Gasteiger partial charge in [-0.15, -0.1) is 11.3 Å². The van der Waals surface area contributed by atoms with Crippen molar-refractivity contribution >= 4 is 29.2 Å². The number of carbonyl (C=O) groups excluding carboxylic acids is 3. The fraction of sp³-hybridized carbons (Fsp3) is 0.300. The third-order valence-corrected chi connectivity index (χ3v) is 3.16. The van der Waals surface area contributed by atoms with Crippen LogP contribution < -0.4 is 10.6 Å². The smallest absolute Gasteiger partial charge is 0.325 e. The van der Waals surface area contributed by atoms with E-state index in [1.54, 1.807) is 0 Å². The van der Waals surface area contributed by atoms with Crippen LogP contribution in [0, 0.1) is 0 Å². The van der Waals surface area contributed by atoms with Gasteiger partial charge in [-0.1, -0.05) is 6.07 Å². The molecule has 0 atom stereocenters. The van der Waals surface area contributed by atoms with Crippen molar-refractivity contribution in [3.8, 4) is 0 Å². The second kappa shape index (κ2) is 4.96. The summed E-state index contributed by atoms with van der Waals surface area (Å²) in [6, 6.07) is 3.28. The standard InChI is InChI=1S/C10H11N3O3S/c14-8(11-4-7-2-1-3-17-7)6-13-9(15)5-12-10(13)16/h1-3H,4-6H2,(H,11,14)(H,12,16). The van der Waals surface area contributed by atoms with Crippen molar-refractivity contribution in [2.45, 2.75) is 6.54 Å². The minimum absolute atomic E-state index is 0.0307. The Balaban J connectivity index is 1.81. The number of rotatable bonds is 4. The summed E-state index contributed by atoms with van der Waals surface area (Å²) in [5.74, 6) is -0.718. The molecule has 1 aliphatic heterocycles. The first-order valence-electron chi connectivity index (χ1n) is 5.04. The maximum atomic E-state index is 11.5. The molecule has 2 N–H and O–H groups in total. The van der Waals surface area contributed by atoms with Crippen molar-refractivity contribution in [3.05, 3.63) is 22.4 Å². The molecule has 6 nitrogen and oxygen atoms in total. The second-order valence-electron chi connectivity index (χ2n) is 3.49. The summed E-state index contributed by atoms with van der Waals surface area (Å²) in [5.41, 5.74) is 0. The molecule has 7 heteroatoms. The Bertz CT molecular complexity index is 428. The summed E-state index contributed by atoms with van der Waals surface area (Å²) < 4.78 is 0. The van der Waals surface area contributed by atoms with Crippen molar-refractivity contribution in [2.75, 3.05) is 13.1 Å². The van der Waals surface area contributed by atoms with Crippen molar-refractivity contribution in [2.24, 2.45) is 0 Å². The molecular weight excluding hydrogens is 242 g/mol. The molecule has 90 valence electrons. The maximum Gasteiger partial charge on any atom is 0.325 e. The van der Waals surface area contributed by atoms with Crippen LogP contribution in [0.1, 0.15) is 4.88 Å². The fourth-order valence-electron chi connectivity index (χ4n) is 1.41. The first kappa shape index (κ1) is 11.6. The fourth-order valence-corrected chi connectivity index (χ4v) is 2.06. The molecule has 17 heavy (non-hydrogen) atoms. The van der Waals surface area contributed by atoms with Crippen LogP contribution in [0.4, 0.5) is 4.79 Å². The molecule has 0 radical (unpaired) electrons. The third kappa shape index (κ3) is 2.82. The van der Waals surface area contributed by atoms with E-state index in [0.29, 0.717) is 6.54 Å². The van der Waals surface area contributed by atoms with Gasteiger partial charge in [-0.25, -0.2) is 4.79 Å². The molecule has 0 bridgehead atoms. The van der Waals surface area contributed by atoms with Gasteiger partial charge in [0.05, 0.1) is 13.1 Å². The van der Waals surface area contributed by atoms with Crippen LogP contribution in [0.3, 0.4) is 0 Å². The minimum Gasteiger partial charge on any atom is -0.350 e. The third-order valence-electron chi connectivity index (χ3n) is 2.28. The molecule has 1 fully saturated rings. The molecule has 0 saturated carbocycles. The molecule has 0 aliphatic carbocycles. The number of amides is 4. The van der Waals surface area contributed by atoms with Crippen LogP contribution in [-0.4, -0.2) is 35.8 Å². The van der Waals surface area contributed by atoms with Crippen molar-refractivity contribution in [3.63, 3.8) is 0 Å². The summed E-state index contributed by atoms with van der Waals surface area (Å²) in [7, 11) is 0. The highest BCUT2D eigenvalue weighted by Gasteiger charge is 2.29. The van der Waals surface area contributed by atoms with E-state index in [0.717, 1.165) is 9.78 Å². The number of nitrogens with zero attached hydrogens (tertiary/aromatic N) is 1. The summed E-state index contributed by atoms with van der Waals surface area (Å²) in [6.45, 7) is 0.160. The van der Waals surface area contributed by atoms with Gasteiger partial charge in [0.15, 0.2) is 0 Å². The number of urea groups is 1. The maximum absolute atomic E-state index is 11.5. The Hall–Kier alpha value is -1.89. The zero-order valence-corrected chi connectivity index (χ0v) is 9.75. The van der Waals surface area contributed by atoms with E-state index in [9.17, 15) is 14.4 Å². The largest absolute Gasteiger partial charge is 0.350 e. The van der Waals surface area contributed by atoms with E-state index < -0.39 is 6.03 Å². The van der Waals surface area contributed by atoms with Gasteiger partial charge in [-0.3, -0.25) is 14.5 Å². The Morgan fingerprint density at radius 1 is 1.53 bits per heavy atom. The Labute approximate surface area is 102 Å². The Morgan fingerprint density at radius 3 is 2.94 bits per heavy atom. The van der Waals surface area contributed by atoms with Gasteiger partial charge in [0, 0.05) is 4.88 Å². The normalized spacial score (nSPS) is 14.9. The summed E-state index contributed by atoms with van der Waals surface area (Å²) >= 11 is 1.53. The van der Waals surface area contributed by atoms with E-state index in [1.165, 1.54) is 11.3 Å². The van der Waals surface area contributed by atoms with Gasteiger partial charge >= 0.3 is 6.03 Å². The predicted octanol–water partition coefficient (Wildman–Crippen LogP) is -0.0839. The van der Waals surface area contributed by atoms with Crippen LogP contribution >= 0.6 is 11.3 Å².